The highest BCUT2D eigenvalue weighted by atomic mass is 16.5. The number of methoxy groups -OCH3 is 1. The number of pyridine rings is 1. The van der Waals surface area contributed by atoms with Crippen molar-refractivity contribution in [1.82, 2.24) is 4.98 Å². The van der Waals surface area contributed by atoms with E-state index in [0.29, 0.717) is 12.2 Å². The van der Waals surface area contributed by atoms with Crippen molar-refractivity contribution in [1.29, 1.82) is 0 Å². The number of hydrogen-bond acceptors (Lipinski definition) is 3. The van der Waals surface area contributed by atoms with Crippen molar-refractivity contribution in [3.05, 3.63) is 24.0 Å². The summed E-state index contributed by atoms with van der Waals surface area (Å²) in [6.07, 6.45) is 2.29. The summed E-state index contributed by atoms with van der Waals surface area (Å²) in [5.41, 5.74) is 0.211. The van der Waals surface area contributed by atoms with E-state index in [0.717, 1.165) is 5.69 Å². The molecule has 1 heterocycles. The summed E-state index contributed by atoms with van der Waals surface area (Å²) in [7, 11) is 1.58. The molecular formula is C11H13NO3. The van der Waals surface area contributed by atoms with Gasteiger partial charge in [-0.15, -0.1) is 0 Å². The summed E-state index contributed by atoms with van der Waals surface area (Å²) in [6.45, 7) is 1.76. The van der Waals surface area contributed by atoms with E-state index in [4.69, 9.17) is 9.84 Å². The van der Waals surface area contributed by atoms with E-state index >= 15 is 0 Å². The molecular weight excluding hydrogens is 194 g/mol. The molecule has 1 aliphatic rings. The summed E-state index contributed by atoms with van der Waals surface area (Å²) in [6, 6.07) is 3.64. The molecule has 1 aromatic heterocycles. The molecule has 80 valence electrons. The molecule has 0 radical (unpaired) electrons. The van der Waals surface area contributed by atoms with Crippen molar-refractivity contribution in [3.63, 3.8) is 0 Å². The number of nitrogens with zero attached hydrogens (tertiary/aromatic N) is 1. The van der Waals surface area contributed by atoms with Crippen LogP contribution in [-0.2, 0) is 4.79 Å². The van der Waals surface area contributed by atoms with Crippen molar-refractivity contribution in [2.45, 2.75) is 19.3 Å². The molecule has 0 spiro atoms. The summed E-state index contributed by atoms with van der Waals surface area (Å²) < 4.78 is 4.99. The van der Waals surface area contributed by atoms with Gasteiger partial charge in [-0.1, -0.05) is 0 Å². The van der Waals surface area contributed by atoms with Gasteiger partial charge in [0.2, 0.25) is 0 Å². The fourth-order valence-corrected chi connectivity index (χ4v) is 1.75. The van der Waals surface area contributed by atoms with E-state index in [9.17, 15) is 4.79 Å². The largest absolute Gasteiger partial charge is 0.495 e. The zero-order valence-corrected chi connectivity index (χ0v) is 8.73. The molecule has 1 fully saturated rings. The van der Waals surface area contributed by atoms with Crippen molar-refractivity contribution >= 4 is 5.97 Å². The lowest BCUT2D eigenvalue weighted by Crippen LogP contribution is -2.12. The van der Waals surface area contributed by atoms with E-state index in [1.165, 1.54) is 0 Å². The maximum Gasteiger partial charge on any atom is 0.310 e. The predicted molar refractivity (Wildman–Crippen MR) is 53.9 cm³/mol. The first-order chi connectivity index (χ1) is 7.08. The third kappa shape index (κ3) is 1.56. The van der Waals surface area contributed by atoms with Crippen LogP contribution in [0.5, 0.6) is 5.75 Å². The van der Waals surface area contributed by atoms with E-state index in [2.05, 4.69) is 4.98 Å². The molecule has 1 aromatic rings. The molecule has 1 aliphatic carbocycles. The van der Waals surface area contributed by atoms with Crippen molar-refractivity contribution < 1.29 is 14.6 Å². The molecule has 1 N–H and O–H groups in total. The highest BCUT2D eigenvalue weighted by molar-refractivity contribution is 5.79. The molecule has 0 aromatic carbocycles. The normalized spacial score (nSPS) is 28.5. The molecule has 0 bridgehead atoms. The van der Waals surface area contributed by atoms with Gasteiger partial charge in [0.15, 0.2) is 0 Å². The number of carboxylic acid groups (broad SMARTS) is 1. The van der Waals surface area contributed by atoms with Gasteiger partial charge in [0.1, 0.15) is 5.75 Å². The van der Waals surface area contributed by atoms with Crippen LogP contribution in [0.25, 0.3) is 0 Å². The fourth-order valence-electron chi connectivity index (χ4n) is 1.75. The van der Waals surface area contributed by atoms with Crippen LogP contribution in [0.4, 0.5) is 0 Å². The molecule has 2 rings (SSSR count). The first kappa shape index (κ1) is 9.96. The Kier molecular flexibility index (Phi) is 2.14. The second-order valence-corrected chi connectivity index (χ2v) is 4.10. The van der Waals surface area contributed by atoms with Gasteiger partial charge in [0.25, 0.3) is 0 Å². The van der Waals surface area contributed by atoms with Crippen LogP contribution >= 0.6 is 0 Å². The number of aromatic nitrogens is 1. The Hall–Kier alpha value is -1.58. The Balaban J connectivity index is 2.16. The molecule has 0 saturated heterocycles. The number of aliphatic carboxylic acids is 1. The number of rotatable bonds is 3. The monoisotopic (exact) mass is 207 g/mol. The molecule has 0 aliphatic heterocycles. The Morgan fingerprint density at radius 1 is 1.67 bits per heavy atom. The third-order valence-corrected chi connectivity index (χ3v) is 3.08. The number of hydrogen-bond donors (Lipinski definition) is 1. The van der Waals surface area contributed by atoms with Gasteiger partial charge in [0, 0.05) is 11.6 Å². The quantitative estimate of drug-likeness (QED) is 0.819. The van der Waals surface area contributed by atoms with Crippen LogP contribution in [0, 0.1) is 5.41 Å². The lowest BCUT2D eigenvalue weighted by Gasteiger charge is -2.05. The molecule has 4 heteroatoms. The Bertz CT molecular complexity index is 387. The number of carboxylic acids is 1. The maximum atomic E-state index is 10.9. The predicted octanol–water partition coefficient (Wildman–Crippen LogP) is 1.67. The van der Waals surface area contributed by atoms with Crippen LogP contribution in [0.15, 0.2) is 18.3 Å². The molecule has 0 amide bonds. The topological polar surface area (TPSA) is 59.4 Å². The third-order valence-electron chi connectivity index (χ3n) is 3.08. The van der Waals surface area contributed by atoms with Crippen molar-refractivity contribution in [2.24, 2.45) is 5.41 Å². The van der Waals surface area contributed by atoms with Crippen LogP contribution < -0.4 is 4.74 Å². The highest BCUT2D eigenvalue weighted by Gasteiger charge is 2.57. The van der Waals surface area contributed by atoms with Gasteiger partial charge in [0.05, 0.1) is 18.7 Å². The van der Waals surface area contributed by atoms with Gasteiger partial charge in [-0.25, -0.2) is 0 Å². The smallest absolute Gasteiger partial charge is 0.310 e. The minimum Gasteiger partial charge on any atom is -0.495 e. The van der Waals surface area contributed by atoms with Crippen molar-refractivity contribution in [2.75, 3.05) is 7.11 Å². The minimum absolute atomic E-state index is 0.0425. The van der Waals surface area contributed by atoms with Crippen LogP contribution in [0.1, 0.15) is 25.0 Å². The fraction of sp³-hybridized carbons (Fsp3) is 0.455. The highest BCUT2D eigenvalue weighted by Crippen LogP contribution is 2.58. The summed E-state index contributed by atoms with van der Waals surface area (Å²) in [4.78, 5) is 15.1. The van der Waals surface area contributed by atoms with Gasteiger partial charge >= 0.3 is 5.97 Å². The number of ether oxygens (including phenoxy) is 1. The number of carbonyl (C=O) groups is 1. The van der Waals surface area contributed by atoms with Crippen LogP contribution in [0.3, 0.4) is 0 Å². The first-order valence-corrected chi connectivity index (χ1v) is 4.81. The van der Waals surface area contributed by atoms with E-state index < -0.39 is 11.4 Å². The second kappa shape index (κ2) is 3.22. The lowest BCUT2D eigenvalue weighted by atomic mass is 10.1. The zero-order valence-electron chi connectivity index (χ0n) is 8.73. The summed E-state index contributed by atoms with van der Waals surface area (Å²) >= 11 is 0. The average molecular weight is 207 g/mol. The molecule has 2 unspecified atom stereocenters. The zero-order chi connectivity index (χ0) is 11.1. The Labute approximate surface area is 87.9 Å². The van der Waals surface area contributed by atoms with Gasteiger partial charge in [-0.05, 0) is 25.5 Å². The Morgan fingerprint density at radius 3 is 2.80 bits per heavy atom. The lowest BCUT2D eigenvalue weighted by molar-refractivity contribution is -0.142. The molecule has 4 nitrogen and oxygen atoms in total. The summed E-state index contributed by atoms with van der Waals surface area (Å²) in [5, 5.41) is 8.99. The minimum atomic E-state index is -0.745. The standard InChI is InChI=1S/C11H13NO3/c1-11(10(13)14)5-8(11)9-4-3-7(15-2)6-12-9/h3-4,6,8H,5H2,1-2H3,(H,13,14). The Morgan fingerprint density at radius 2 is 2.40 bits per heavy atom. The molecule has 2 atom stereocenters. The van der Waals surface area contributed by atoms with Gasteiger partial charge in [-0.3, -0.25) is 9.78 Å². The van der Waals surface area contributed by atoms with Crippen LogP contribution in [-0.4, -0.2) is 23.2 Å². The van der Waals surface area contributed by atoms with Gasteiger partial charge < -0.3 is 9.84 Å². The average Bonchev–Trinajstić information content (AvgIpc) is 2.93. The van der Waals surface area contributed by atoms with Crippen LogP contribution in [0.2, 0.25) is 0 Å². The maximum absolute atomic E-state index is 10.9. The SMILES string of the molecule is COc1ccc(C2CC2(C)C(=O)O)nc1. The first-order valence-electron chi connectivity index (χ1n) is 4.81. The second-order valence-electron chi connectivity index (χ2n) is 4.10. The molecule has 15 heavy (non-hydrogen) atoms. The van der Waals surface area contributed by atoms with Gasteiger partial charge in [-0.2, -0.15) is 0 Å². The van der Waals surface area contributed by atoms with E-state index in [-0.39, 0.29) is 5.92 Å². The summed E-state index contributed by atoms with van der Waals surface area (Å²) in [5.74, 6) is -0.0116. The van der Waals surface area contributed by atoms with Crippen molar-refractivity contribution in [3.8, 4) is 5.75 Å². The molecule has 1 saturated carbocycles. The van der Waals surface area contributed by atoms with E-state index in [1.807, 2.05) is 12.1 Å². The van der Waals surface area contributed by atoms with E-state index in [1.54, 1.807) is 20.2 Å².